The van der Waals surface area contributed by atoms with Crippen molar-refractivity contribution in [3.63, 3.8) is 0 Å². The topological polar surface area (TPSA) is 125 Å². The number of pyridine rings is 3. The molecule has 188 valence electrons. The average Bonchev–Trinajstić information content (AvgIpc) is 3.73. The van der Waals surface area contributed by atoms with Crippen molar-refractivity contribution in [3.8, 4) is 33.2 Å². The molecule has 1 aromatic carbocycles. The van der Waals surface area contributed by atoms with Crippen LogP contribution in [-0.2, 0) is 11.2 Å². The Bertz CT molecular complexity index is 1940. The number of amides is 1. The third-order valence-electron chi connectivity index (χ3n) is 6.34. The third kappa shape index (κ3) is 4.42. The van der Waals surface area contributed by atoms with Gasteiger partial charge < -0.3 is 10.3 Å². The van der Waals surface area contributed by atoms with E-state index < -0.39 is 0 Å². The standard InChI is InChI=1S/C29H20N8OS/c38-25(11-17-5-2-1-3-6-17)32-19-12-18(13-30-14-19)21-8-9-22-27(33-21)28(37-36-22)29-34-23-16-31-15-20(26(23)35-29)24-7-4-10-39-24/h1-10,12-16H,11H2,(H,32,38)(H,34,35)(H,36,37). The Kier molecular flexibility index (Phi) is 5.64. The fourth-order valence-electron chi connectivity index (χ4n) is 4.52. The summed E-state index contributed by atoms with van der Waals surface area (Å²) >= 11 is 1.64. The second-order valence-corrected chi connectivity index (χ2v) is 9.93. The second kappa shape index (κ2) is 9.58. The van der Waals surface area contributed by atoms with Crippen molar-refractivity contribution < 1.29 is 4.79 Å². The number of aromatic amines is 2. The van der Waals surface area contributed by atoms with E-state index in [-0.39, 0.29) is 12.3 Å². The number of carbonyl (C=O) groups excluding carboxylic acids is 1. The summed E-state index contributed by atoms with van der Waals surface area (Å²) in [4.78, 5) is 35.5. The molecule has 0 spiro atoms. The molecule has 3 N–H and O–H groups in total. The first-order chi connectivity index (χ1) is 19.2. The monoisotopic (exact) mass is 528 g/mol. The highest BCUT2D eigenvalue weighted by Crippen LogP contribution is 2.33. The molecular formula is C29H20N8OS. The van der Waals surface area contributed by atoms with E-state index in [4.69, 9.17) is 9.97 Å². The number of carbonyl (C=O) groups is 1. The summed E-state index contributed by atoms with van der Waals surface area (Å²) < 4.78 is 0. The van der Waals surface area contributed by atoms with Gasteiger partial charge in [0.05, 0.1) is 41.2 Å². The van der Waals surface area contributed by atoms with Crippen molar-refractivity contribution in [2.75, 3.05) is 5.32 Å². The van der Waals surface area contributed by atoms with Gasteiger partial charge >= 0.3 is 0 Å². The van der Waals surface area contributed by atoms with E-state index in [1.54, 1.807) is 29.9 Å². The van der Waals surface area contributed by atoms with Crippen LogP contribution in [0, 0.1) is 0 Å². The molecule has 0 radical (unpaired) electrons. The zero-order valence-corrected chi connectivity index (χ0v) is 21.2. The average molecular weight is 529 g/mol. The number of imidazole rings is 1. The van der Waals surface area contributed by atoms with Crippen LogP contribution >= 0.6 is 11.3 Å². The minimum atomic E-state index is -0.109. The van der Waals surface area contributed by atoms with E-state index in [0.29, 0.717) is 28.4 Å². The number of fused-ring (bicyclic) bond motifs is 2. The molecule has 10 heteroatoms. The summed E-state index contributed by atoms with van der Waals surface area (Å²) in [6, 6.07) is 19.4. The molecule has 0 fully saturated rings. The molecule has 0 aliphatic heterocycles. The number of rotatable bonds is 6. The highest BCUT2D eigenvalue weighted by molar-refractivity contribution is 7.13. The SMILES string of the molecule is O=C(Cc1ccccc1)Nc1cncc(-c2ccc3[nH]nc(-c4nc5c(-c6cccs6)cncc5[nH]4)c3n2)c1. The fourth-order valence-corrected chi connectivity index (χ4v) is 5.25. The summed E-state index contributed by atoms with van der Waals surface area (Å²) in [6.45, 7) is 0. The number of hydrogen-bond acceptors (Lipinski definition) is 7. The molecule has 0 atom stereocenters. The van der Waals surface area contributed by atoms with Gasteiger partial charge in [-0.15, -0.1) is 11.3 Å². The summed E-state index contributed by atoms with van der Waals surface area (Å²) in [5, 5.41) is 12.5. The molecule has 0 aliphatic carbocycles. The molecule has 0 saturated heterocycles. The number of thiophene rings is 1. The Morgan fingerprint density at radius 3 is 2.64 bits per heavy atom. The van der Waals surface area contributed by atoms with Gasteiger partial charge in [0.15, 0.2) is 11.5 Å². The van der Waals surface area contributed by atoms with E-state index in [0.717, 1.165) is 38.1 Å². The summed E-state index contributed by atoms with van der Waals surface area (Å²) in [5.41, 5.74) is 7.72. The molecule has 6 aromatic heterocycles. The molecular weight excluding hydrogens is 508 g/mol. The van der Waals surface area contributed by atoms with Crippen molar-refractivity contribution >= 4 is 45.0 Å². The molecule has 39 heavy (non-hydrogen) atoms. The number of nitrogens with one attached hydrogen (secondary N) is 3. The predicted octanol–water partition coefficient (Wildman–Crippen LogP) is 5.87. The Labute approximate surface area is 226 Å². The molecule has 6 heterocycles. The first kappa shape index (κ1) is 22.9. The molecule has 0 bridgehead atoms. The summed E-state index contributed by atoms with van der Waals surface area (Å²) in [6.07, 6.45) is 7.23. The van der Waals surface area contributed by atoms with Crippen LogP contribution in [-0.4, -0.2) is 41.0 Å². The van der Waals surface area contributed by atoms with E-state index in [1.165, 1.54) is 0 Å². The van der Waals surface area contributed by atoms with Crippen LogP contribution in [0.3, 0.4) is 0 Å². The van der Waals surface area contributed by atoms with Crippen LogP contribution in [0.4, 0.5) is 5.69 Å². The van der Waals surface area contributed by atoms with E-state index in [1.807, 2.05) is 66.2 Å². The molecule has 7 aromatic rings. The van der Waals surface area contributed by atoms with Gasteiger partial charge in [0.2, 0.25) is 5.91 Å². The summed E-state index contributed by atoms with van der Waals surface area (Å²) in [5.74, 6) is 0.494. The number of nitrogens with zero attached hydrogens (tertiary/aromatic N) is 5. The normalized spacial score (nSPS) is 11.3. The lowest BCUT2D eigenvalue weighted by Gasteiger charge is -2.07. The van der Waals surface area contributed by atoms with E-state index in [9.17, 15) is 4.79 Å². The quantitative estimate of drug-likeness (QED) is 0.248. The number of H-pyrrole nitrogens is 2. The molecule has 9 nitrogen and oxygen atoms in total. The molecule has 7 rings (SSSR count). The molecule has 0 saturated carbocycles. The second-order valence-electron chi connectivity index (χ2n) is 8.98. The highest BCUT2D eigenvalue weighted by Gasteiger charge is 2.17. The van der Waals surface area contributed by atoms with Gasteiger partial charge in [-0.2, -0.15) is 5.10 Å². The van der Waals surface area contributed by atoms with Crippen LogP contribution in [0.1, 0.15) is 5.56 Å². The highest BCUT2D eigenvalue weighted by atomic mass is 32.1. The van der Waals surface area contributed by atoms with Crippen molar-refractivity contribution in [3.05, 3.63) is 96.4 Å². The minimum Gasteiger partial charge on any atom is -0.335 e. The van der Waals surface area contributed by atoms with Gasteiger partial charge in [-0.25, -0.2) is 9.97 Å². The maximum atomic E-state index is 12.6. The third-order valence-corrected chi connectivity index (χ3v) is 7.24. The van der Waals surface area contributed by atoms with Crippen LogP contribution in [0.2, 0.25) is 0 Å². The Hall–Kier alpha value is -5.22. The molecule has 0 unspecified atom stereocenters. The van der Waals surface area contributed by atoms with E-state index >= 15 is 0 Å². The Morgan fingerprint density at radius 2 is 1.77 bits per heavy atom. The smallest absolute Gasteiger partial charge is 0.228 e. The first-order valence-corrected chi connectivity index (χ1v) is 13.1. The van der Waals surface area contributed by atoms with Crippen molar-refractivity contribution in [2.45, 2.75) is 6.42 Å². The maximum Gasteiger partial charge on any atom is 0.228 e. The van der Waals surface area contributed by atoms with Gasteiger partial charge in [0.1, 0.15) is 11.0 Å². The van der Waals surface area contributed by atoms with Crippen LogP contribution in [0.15, 0.2) is 90.8 Å². The van der Waals surface area contributed by atoms with Gasteiger partial charge in [0.25, 0.3) is 0 Å². The van der Waals surface area contributed by atoms with Crippen LogP contribution in [0.5, 0.6) is 0 Å². The zero-order chi connectivity index (χ0) is 26.2. The van der Waals surface area contributed by atoms with Crippen molar-refractivity contribution in [2.24, 2.45) is 0 Å². The number of aromatic nitrogens is 7. The van der Waals surface area contributed by atoms with Crippen LogP contribution < -0.4 is 5.32 Å². The maximum absolute atomic E-state index is 12.6. The van der Waals surface area contributed by atoms with Gasteiger partial charge in [0, 0.05) is 28.4 Å². The van der Waals surface area contributed by atoms with Crippen LogP contribution in [0.25, 0.3) is 55.3 Å². The van der Waals surface area contributed by atoms with Crippen molar-refractivity contribution in [1.82, 2.24) is 35.1 Å². The van der Waals surface area contributed by atoms with Crippen molar-refractivity contribution in [1.29, 1.82) is 0 Å². The van der Waals surface area contributed by atoms with E-state index in [2.05, 4.69) is 36.5 Å². The lowest BCUT2D eigenvalue weighted by Crippen LogP contribution is -2.14. The molecule has 0 aliphatic rings. The lowest BCUT2D eigenvalue weighted by molar-refractivity contribution is -0.115. The number of hydrogen-bond donors (Lipinski definition) is 3. The first-order valence-electron chi connectivity index (χ1n) is 12.2. The fraction of sp³-hybridized carbons (Fsp3) is 0.0345. The predicted molar refractivity (Wildman–Crippen MR) is 152 cm³/mol. The molecule has 1 amide bonds. The Morgan fingerprint density at radius 1 is 0.872 bits per heavy atom. The van der Waals surface area contributed by atoms with Gasteiger partial charge in [-0.1, -0.05) is 36.4 Å². The Balaban J connectivity index is 1.21. The number of anilines is 1. The largest absolute Gasteiger partial charge is 0.335 e. The minimum absolute atomic E-state index is 0.109. The zero-order valence-electron chi connectivity index (χ0n) is 20.4. The van der Waals surface area contributed by atoms with Gasteiger partial charge in [-0.3, -0.25) is 19.9 Å². The number of benzene rings is 1. The lowest BCUT2D eigenvalue weighted by atomic mass is 10.1. The summed E-state index contributed by atoms with van der Waals surface area (Å²) in [7, 11) is 0. The van der Waals surface area contributed by atoms with Gasteiger partial charge in [-0.05, 0) is 35.2 Å².